The van der Waals surface area contributed by atoms with E-state index in [1.165, 1.54) is 22.2 Å². The van der Waals surface area contributed by atoms with Crippen molar-refractivity contribution < 1.29 is 0 Å². The van der Waals surface area contributed by atoms with E-state index in [0.717, 1.165) is 90.7 Å². The normalized spacial score (nSPS) is 12.7. The Morgan fingerprint density at radius 3 is 1.76 bits per heavy atom. The minimum atomic E-state index is 0.448. The van der Waals surface area contributed by atoms with E-state index in [9.17, 15) is 0 Å². The molecular formula is C33H40N4. The smallest absolute Gasteiger partial charge is 0.0693 e. The highest BCUT2D eigenvalue weighted by atomic mass is 14.8. The second-order valence-electron chi connectivity index (χ2n) is 10.3. The molecule has 3 aromatic heterocycles. The van der Waals surface area contributed by atoms with Crippen molar-refractivity contribution in [3.05, 3.63) is 69.8 Å². The number of H-pyrrole nitrogens is 2. The monoisotopic (exact) mass is 492 g/mol. The fraction of sp³-hybridized carbons (Fsp3) is 0.394. The molecule has 0 saturated heterocycles. The number of nitrogens with one attached hydrogen (secondary N) is 2. The van der Waals surface area contributed by atoms with Crippen LogP contribution in [-0.2, 0) is 12.8 Å². The lowest BCUT2D eigenvalue weighted by molar-refractivity contribution is 0.642. The first-order chi connectivity index (χ1) is 18.1. The number of aromatic nitrogens is 4. The quantitative estimate of drug-likeness (QED) is 0.215. The Hall–Kier alpha value is -3.40. The standard InChI is InChI=1S/C33H40N4/c1-5-9-11-25-27-15-13-23(34-27)21-24-14-16-31(35-24)33(22(7-3)8-4)32-20-19-30(37-32)26(12-10-6-2)29-18-17-28(25)36-29/h13-22,34-35H,5-12H2,1-4H3. The molecule has 5 rings (SSSR count). The highest BCUT2D eigenvalue weighted by molar-refractivity contribution is 5.82. The molecule has 5 heterocycles. The number of hydrogen-bond acceptors (Lipinski definition) is 2. The predicted octanol–water partition coefficient (Wildman–Crippen LogP) is 9.24. The van der Waals surface area contributed by atoms with E-state index >= 15 is 0 Å². The van der Waals surface area contributed by atoms with Gasteiger partial charge in [0.1, 0.15) is 0 Å². The van der Waals surface area contributed by atoms with Gasteiger partial charge >= 0.3 is 0 Å². The Bertz CT molecular complexity index is 1480. The summed E-state index contributed by atoms with van der Waals surface area (Å²) in [7, 11) is 0. The van der Waals surface area contributed by atoms with Crippen LogP contribution in [0.5, 0.6) is 0 Å². The Morgan fingerprint density at radius 2 is 1.14 bits per heavy atom. The van der Waals surface area contributed by atoms with Gasteiger partial charge in [-0.2, -0.15) is 0 Å². The van der Waals surface area contributed by atoms with Crippen molar-refractivity contribution in [3.63, 3.8) is 0 Å². The Kier molecular flexibility index (Phi) is 7.73. The number of aryl methyl sites for hydroxylation is 1. The molecule has 37 heavy (non-hydrogen) atoms. The zero-order chi connectivity index (χ0) is 25.8. The van der Waals surface area contributed by atoms with Crippen LogP contribution in [0.15, 0.2) is 30.3 Å². The zero-order valence-corrected chi connectivity index (χ0v) is 22.8. The number of fused-ring (bicyclic) bond motifs is 8. The Morgan fingerprint density at radius 1 is 0.622 bits per heavy atom. The maximum atomic E-state index is 5.26. The number of hydrogen-bond donors (Lipinski definition) is 2. The molecule has 0 spiro atoms. The Labute approximate surface area is 221 Å². The van der Waals surface area contributed by atoms with Gasteiger partial charge in [0.25, 0.3) is 0 Å². The van der Waals surface area contributed by atoms with Crippen LogP contribution in [-0.4, -0.2) is 19.9 Å². The van der Waals surface area contributed by atoms with Crippen LogP contribution in [0.2, 0.25) is 0 Å². The molecular weight excluding hydrogens is 452 g/mol. The van der Waals surface area contributed by atoms with Crippen molar-refractivity contribution in [1.82, 2.24) is 19.9 Å². The largest absolute Gasteiger partial charge is 0.355 e. The topological polar surface area (TPSA) is 57.4 Å². The molecule has 0 saturated carbocycles. The zero-order valence-electron chi connectivity index (χ0n) is 22.8. The maximum absolute atomic E-state index is 5.26. The van der Waals surface area contributed by atoms with E-state index in [4.69, 9.17) is 9.97 Å². The molecule has 2 aliphatic rings. The molecule has 3 aromatic rings. The molecule has 2 aliphatic heterocycles. The highest BCUT2D eigenvalue weighted by Gasteiger charge is 2.18. The van der Waals surface area contributed by atoms with Crippen molar-refractivity contribution in [3.8, 4) is 0 Å². The van der Waals surface area contributed by atoms with E-state index < -0.39 is 0 Å². The van der Waals surface area contributed by atoms with E-state index in [1.807, 2.05) is 0 Å². The third-order valence-corrected chi connectivity index (χ3v) is 7.78. The number of aromatic amines is 2. The first kappa shape index (κ1) is 25.3. The van der Waals surface area contributed by atoms with Crippen LogP contribution in [0.25, 0.3) is 46.4 Å². The maximum Gasteiger partial charge on any atom is 0.0693 e. The van der Waals surface area contributed by atoms with Crippen molar-refractivity contribution in [2.75, 3.05) is 0 Å². The molecule has 0 radical (unpaired) electrons. The van der Waals surface area contributed by atoms with Crippen LogP contribution in [0.3, 0.4) is 0 Å². The van der Waals surface area contributed by atoms with Gasteiger partial charge in [0.2, 0.25) is 0 Å². The lowest BCUT2D eigenvalue weighted by Crippen LogP contribution is -2.00. The van der Waals surface area contributed by atoms with Crippen molar-refractivity contribution in [2.24, 2.45) is 0 Å². The molecule has 8 bridgehead atoms. The van der Waals surface area contributed by atoms with Gasteiger partial charge in [0, 0.05) is 38.8 Å². The van der Waals surface area contributed by atoms with E-state index in [1.54, 1.807) is 0 Å². The lowest BCUT2D eigenvalue weighted by atomic mass is 9.92. The fourth-order valence-corrected chi connectivity index (χ4v) is 5.63. The summed E-state index contributed by atoms with van der Waals surface area (Å²) < 4.78 is 0. The molecule has 0 unspecified atom stereocenters. The van der Waals surface area contributed by atoms with E-state index in [0.29, 0.717) is 5.92 Å². The van der Waals surface area contributed by atoms with Gasteiger partial charge in [-0.25, -0.2) is 9.97 Å². The molecule has 0 aliphatic carbocycles. The summed E-state index contributed by atoms with van der Waals surface area (Å²) in [6, 6.07) is 11.0. The Balaban J connectivity index is 1.88. The molecule has 192 valence electrons. The average Bonchev–Trinajstić information content (AvgIpc) is 3.72. The summed E-state index contributed by atoms with van der Waals surface area (Å²) in [5.74, 6) is 0.448. The third kappa shape index (κ3) is 5.20. The summed E-state index contributed by atoms with van der Waals surface area (Å²) >= 11 is 0. The third-order valence-electron chi connectivity index (χ3n) is 7.78. The molecule has 4 nitrogen and oxygen atoms in total. The molecule has 0 atom stereocenters. The second-order valence-corrected chi connectivity index (χ2v) is 10.3. The summed E-state index contributed by atoms with van der Waals surface area (Å²) in [6.07, 6.45) is 17.6. The number of rotatable bonds is 9. The summed E-state index contributed by atoms with van der Waals surface area (Å²) in [6.45, 7) is 9.06. The van der Waals surface area contributed by atoms with Gasteiger partial charge in [0.05, 0.1) is 22.8 Å². The predicted molar refractivity (Wildman–Crippen MR) is 159 cm³/mol. The van der Waals surface area contributed by atoms with Gasteiger partial charge in [-0.15, -0.1) is 0 Å². The SMILES string of the molecule is CCCCc1c2nc(c(CCCC)c3ccc(cc4ccc([nH]4)c(C(CC)CC)c4nc1C=C4)[nH]3)C=C2. The number of nitrogens with zero attached hydrogens (tertiary/aromatic N) is 2. The van der Waals surface area contributed by atoms with Crippen LogP contribution < -0.4 is 0 Å². The summed E-state index contributed by atoms with van der Waals surface area (Å²) in [5.41, 5.74) is 12.7. The fourth-order valence-electron chi connectivity index (χ4n) is 5.63. The van der Waals surface area contributed by atoms with Crippen LogP contribution >= 0.6 is 0 Å². The van der Waals surface area contributed by atoms with Crippen LogP contribution in [0.4, 0.5) is 0 Å². The van der Waals surface area contributed by atoms with Gasteiger partial charge in [-0.3, -0.25) is 0 Å². The second kappa shape index (κ2) is 11.3. The molecule has 0 amide bonds. The van der Waals surface area contributed by atoms with Crippen LogP contribution in [0, 0.1) is 0 Å². The van der Waals surface area contributed by atoms with Crippen molar-refractivity contribution >= 4 is 46.4 Å². The number of unbranched alkanes of at least 4 members (excludes halogenated alkanes) is 2. The molecule has 4 heteroatoms. The lowest BCUT2D eigenvalue weighted by Gasteiger charge is -2.14. The van der Waals surface area contributed by atoms with E-state index in [2.05, 4.69) is 92.3 Å². The molecule has 0 fully saturated rings. The van der Waals surface area contributed by atoms with E-state index in [-0.39, 0.29) is 0 Å². The van der Waals surface area contributed by atoms with Gasteiger partial charge < -0.3 is 9.97 Å². The van der Waals surface area contributed by atoms with Crippen molar-refractivity contribution in [2.45, 2.75) is 85.0 Å². The molecule has 2 N–H and O–H groups in total. The minimum absolute atomic E-state index is 0.448. The minimum Gasteiger partial charge on any atom is -0.355 e. The first-order valence-electron chi connectivity index (χ1n) is 14.3. The van der Waals surface area contributed by atoms with Gasteiger partial charge in [-0.1, -0.05) is 40.5 Å². The first-order valence-corrected chi connectivity index (χ1v) is 14.3. The average molecular weight is 493 g/mol. The highest BCUT2D eigenvalue weighted by Crippen LogP contribution is 2.33. The molecule has 0 aromatic carbocycles. The van der Waals surface area contributed by atoms with Gasteiger partial charge in [0.15, 0.2) is 0 Å². The summed E-state index contributed by atoms with van der Waals surface area (Å²) in [5, 5.41) is 0. The van der Waals surface area contributed by atoms with Crippen molar-refractivity contribution in [1.29, 1.82) is 0 Å². The van der Waals surface area contributed by atoms with Gasteiger partial charge in [-0.05, 0) is 99.1 Å². The summed E-state index contributed by atoms with van der Waals surface area (Å²) in [4.78, 5) is 17.9. The van der Waals surface area contributed by atoms with Crippen LogP contribution in [0.1, 0.15) is 112 Å².